The number of hydrogen-bond donors (Lipinski definition) is 1. The van der Waals surface area contributed by atoms with Gasteiger partial charge in [0.05, 0.1) is 10.0 Å². The number of aliphatic hydroxyl groups is 1. The maximum atomic E-state index is 10.6. The molecule has 0 saturated carbocycles. The third kappa shape index (κ3) is 2.95. The maximum absolute atomic E-state index is 10.6. The van der Waals surface area contributed by atoms with Crippen molar-refractivity contribution in [1.29, 1.82) is 0 Å². The van der Waals surface area contributed by atoms with Crippen LogP contribution in [0.2, 0.25) is 10.0 Å². The number of rotatable bonds is 2. The molecule has 0 spiro atoms. The summed E-state index contributed by atoms with van der Waals surface area (Å²) in [6, 6.07) is 17.1. The van der Waals surface area contributed by atoms with E-state index in [1.807, 2.05) is 36.4 Å². The molecule has 0 radical (unpaired) electrons. The van der Waals surface area contributed by atoms with E-state index < -0.39 is 6.10 Å². The van der Waals surface area contributed by atoms with Gasteiger partial charge in [-0.2, -0.15) is 0 Å². The van der Waals surface area contributed by atoms with E-state index in [1.165, 1.54) is 0 Å². The average Bonchev–Trinajstić information content (AvgIpc) is 2.49. The summed E-state index contributed by atoms with van der Waals surface area (Å²) >= 11 is 15.6. The third-order valence-corrected chi connectivity index (χ3v) is 4.74. The molecule has 0 aliphatic carbocycles. The van der Waals surface area contributed by atoms with Crippen molar-refractivity contribution < 1.29 is 5.11 Å². The number of aliphatic hydroxyl groups excluding tert-OH is 1. The fourth-order valence-corrected chi connectivity index (χ4v) is 3.11. The van der Waals surface area contributed by atoms with Gasteiger partial charge >= 0.3 is 0 Å². The van der Waals surface area contributed by atoms with Gasteiger partial charge in [-0.15, -0.1) is 0 Å². The van der Waals surface area contributed by atoms with Crippen LogP contribution in [0.15, 0.2) is 59.1 Å². The molecule has 1 N–H and O–H groups in total. The SMILES string of the molecule is OC(c1ccc2cc(Br)ccc2c1)c1cccc(Cl)c1Cl. The lowest BCUT2D eigenvalue weighted by molar-refractivity contribution is 0.220. The molecule has 0 bridgehead atoms. The van der Waals surface area contributed by atoms with Gasteiger partial charge in [-0.25, -0.2) is 0 Å². The smallest absolute Gasteiger partial charge is 0.106 e. The molecule has 1 unspecified atom stereocenters. The summed E-state index contributed by atoms with van der Waals surface area (Å²) in [5.41, 5.74) is 1.40. The fraction of sp³-hybridized carbons (Fsp3) is 0.0588. The maximum Gasteiger partial charge on any atom is 0.106 e. The Morgan fingerprint density at radius 1 is 0.905 bits per heavy atom. The molecular weight excluding hydrogens is 371 g/mol. The normalized spacial score (nSPS) is 12.6. The Bertz CT molecular complexity index is 817. The van der Waals surface area contributed by atoms with E-state index in [2.05, 4.69) is 15.9 Å². The molecule has 106 valence electrons. The molecular formula is C17H11BrCl2O. The van der Waals surface area contributed by atoms with Crippen molar-refractivity contribution in [3.63, 3.8) is 0 Å². The summed E-state index contributed by atoms with van der Waals surface area (Å²) in [5.74, 6) is 0. The van der Waals surface area contributed by atoms with Gasteiger partial charge in [0.1, 0.15) is 6.10 Å². The van der Waals surface area contributed by atoms with Crippen LogP contribution in [0.25, 0.3) is 10.8 Å². The average molecular weight is 382 g/mol. The first-order chi connectivity index (χ1) is 10.1. The van der Waals surface area contributed by atoms with Crippen LogP contribution in [-0.4, -0.2) is 5.11 Å². The standard InChI is InChI=1S/C17H11BrCl2O/c18-13-7-6-10-8-12(5-4-11(10)9-13)17(21)14-2-1-3-15(19)16(14)20/h1-9,17,21H. The van der Waals surface area contributed by atoms with E-state index in [9.17, 15) is 5.11 Å². The first-order valence-corrected chi connectivity index (χ1v) is 7.92. The Balaban J connectivity index is 2.07. The summed E-state index contributed by atoms with van der Waals surface area (Å²) in [4.78, 5) is 0. The lowest BCUT2D eigenvalue weighted by Gasteiger charge is -2.14. The molecule has 1 nitrogen and oxygen atoms in total. The van der Waals surface area contributed by atoms with E-state index in [1.54, 1.807) is 18.2 Å². The Kier molecular flexibility index (Phi) is 4.23. The Morgan fingerprint density at radius 3 is 2.43 bits per heavy atom. The van der Waals surface area contributed by atoms with Crippen molar-refractivity contribution in [3.8, 4) is 0 Å². The monoisotopic (exact) mass is 380 g/mol. The van der Waals surface area contributed by atoms with Crippen LogP contribution in [0.3, 0.4) is 0 Å². The van der Waals surface area contributed by atoms with E-state index in [4.69, 9.17) is 23.2 Å². The highest BCUT2D eigenvalue weighted by atomic mass is 79.9. The van der Waals surface area contributed by atoms with Crippen LogP contribution >= 0.6 is 39.1 Å². The molecule has 0 aromatic heterocycles. The molecule has 0 fully saturated rings. The second kappa shape index (κ2) is 5.98. The van der Waals surface area contributed by atoms with Crippen LogP contribution in [-0.2, 0) is 0 Å². The van der Waals surface area contributed by atoms with Gasteiger partial charge in [-0.3, -0.25) is 0 Å². The summed E-state index contributed by atoms with van der Waals surface area (Å²) in [6.45, 7) is 0. The first-order valence-electron chi connectivity index (χ1n) is 6.37. The lowest BCUT2D eigenvalue weighted by Crippen LogP contribution is -2.00. The topological polar surface area (TPSA) is 20.2 Å². The fourth-order valence-electron chi connectivity index (χ4n) is 2.32. The predicted molar refractivity (Wildman–Crippen MR) is 92.2 cm³/mol. The predicted octanol–water partition coefficient (Wildman–Crippen LogP) is 5.99. The van der Waals surface area contributed by atoms with Gasteiger partial charge in [0.25, 0.3) is 0 Å². The zero-order valence-corrected chi connectivity index (χ0v) is 14.0. The molecule has 3 rings (SSSR count). The number of fused-ring (bicyclic) bond motifs is 1. The molecule has 0 heterocycles. The summed E-state index contributed by atoms with van der Waals surface area (Å²) in [7, 11) is 0. The number of hydrogen-bond acceptors (Lipinski definition) is 1. The van der Waals surface area contributed by atoms with Gasteiger partial charge in [-0.1, -0.05) is 69.5 Å². The largest absolute Gasteiger partial charge is 0.384 e. The molecule has 0 aliphatic heterocycles. The third-order valence-electron chi connectivity index (χ3n) is 3.42. The molecule has 4 heteroatoms. The molecule has 0 amide bonds. The summed E-state index contributed by atoms with van der Waals surface area (Å²) in [6.07, 6.45) is -0.802. The molecule has 0 saturated heterocycles. The zero-order valence-electron chi connectivity index (χ0n) is 10.9. The van der Waals surface area contributed by atoms with Gasteiger partial charge < -0.3 is 5.11 Å². The van der Waals surface area contributed by atoms with E-state index >= 15 is 0 Å². The number of halogens is 3. The van der Waals surface area contributed by atoms with Crippen molar-refractivity contribution in [2.24, 2.45) is 0 Å². The molecule has 1 atom stereocenters. The van der Waals surface area contributed by atoms with Crippen LogP contribution in [0.4, 0.5) is 0 Å². The molecule has 21 heavy (non-hydrogen) atoms. The van der Waals surface area contributed by atoms with Gasteiger partial charge in [0, 0.05) is 10.0 Å². The Labute approximate surface area is 141 Å². The first kappa shape index (κ1) is 14.9. The summed E-state index contributed by atoms with van der Waals surface area (Å²) < 4.78 is 1.03. The van der Waals surface area contributed by atoms with Gasteiger partial charge in [0.2, 0.25) is 0 Å². The minimum atomic E-state index is -0.802. The van der Waals surface area contributed by atoms with Crippen molar-refractivity contribution in [1.82, 2.24) is 0 Å². The highest BCUT2D eigenvalue weighted by molar-refractivity contribution is 9.10. The van der Waals surface area contributed by atoms with E-state index in [0.29, 0.717) is 15.6 Å². The lowest BCUT2D eigenvalue weighted by atomic mass is 9.98. The van der Waals surface area contributed by atoms with Crippen molar-refractivity contribution in [2.45, 2.75) is 6.10 Å². The summed E-state index contributed by atoms with van der Waals surface area (Å²) in [5, 5.41) is 13.6. The van der Waals surface area contributed by atoms with Gasteiger partial charge in [-0.05, 0) is 40.6 Å². The molecule has 3 aromatic rings. The van der Waals surface area contributed by atoms with Crippen LogP contribution < -0.4 is 0 Å². The minimum absolute atomic E-state index is 0.391. The van der Waals surface area contributed by atoms with Crippen molar-refractivity contribution in [2.75, 3.05) is 0 Å². The second-order valence-electron chi connectivity index (χ2n) is 4.80. The van der Waals surface area contributed by atoms with Crippen molar-refractivity contribution >= 4 is 49.9 Å². The zero-order chi connectivity index (χ0) is 15.0. The molecule has 0 aliphatic rings. The van der Waals surface area contributed by atoms with E-state index in [0.717, 1.165) is 20.8 Å². The Hall–Kier alpha value is -1.06. The van der Waals surface area contributed by atoms with Crippen LogP contribution in [0, 0.1) is 0 Å². The highest BCUT2D eigenvalue weighted by Gasteiger charge is 2.16. The van der Waals surface area contributed by atoms with Crippen LogP contribution in [0.1, 0.15) is 17.2 Å². The van der Waals surface area contributed by atoms with Crippen LogP contribution in [0.5, 0.6) is 0 Å². The highest BCUT2D eigenvalue weighted by Crippen LogP contribution is 2.34. The van der Waals surface area contributed by atoms with E-state index in [-0.39, 0.29) is 0 Å². The Morgan fingerprint density at radius 2 is 1.62 bits per heavy atom. The quantitative estimate of drug-likeness (QED) is 0.577. The second-order valence-corrected chi connectivity index (χ2v) is 6.50. The van der Waals surface area contributed by atoms with Crippen molar-refractivity contribution in [3.05, 3.63) is 80.2 Å². The molecule has 3 aromatic carbocycles. The number of benzene rings is 3. The van der Waals surface area contributed by atoms with Gasteiger partial charge in [0.15, 0.2) is 0 Å². The minimum Gasteiger partial charge on any atom is -0.384 e.